The van der Waals surface area contributed by atoms with E-state index in [9.17, 15) is 4.39 Å². The maximum Gasteiger partial charge on any atom is 0.125 e. The lowest BCUT2D eigenvalue weighted by molar-refractivity contribution is 0.413. The molecule has 0 radical (unpaired) electrons. The third-order valence-electron chi connectivity index (χ3n) is 6.59. The zero-order valence-electron chi connectivity index (χ0n) is 19.5. The Hall–Kier alpha value is -3.48. The minimum Gasteiger partial charge on any atom is -0.352 e. The Labute approximate surface area is 217 Å². The first-order valence-electron chi connectivity index (χ1n) is 11.8. The number of nitrogens with one attached hydrogen (secondary N) is 1. The molecule has 0 spiro atoms. The molecule has 2 heterocycles. The summed E-state index contributed by atoms with van der Waals surface area (Å²) in [4.78, 5) is 14.3. The molecule has 3 aromatic rings. The molecular formula is C28H22Cl2FN5. The molecule has 2 aromatic carbocycles. The molecule has 1 saturated carbocycles. The number of rotatable bonds is 4. The number of halogens is 3. The number of aryl methyl sites for hydroxylation is 1. The molecule has 0 saturated heterocycles. The van der Waals surface area contributed by atoms with Gasteiger partial charge in [-0.3, -0.25) is 9.98 Å². The summed E-state index contributed by atoms with van der Waals surface area (Å²) < 4.78 is 16.4. The molecule has 0 unspecified atom stereocenters. The molecular weight excluding hydrogens is 496 g/mol. The Morgan fingerprint density at radius 1 is 1.00 bits per heavy atom. The van der Waals surface area contributed by atoms with Gasteiger partial charge in [0.05, 0.1) is 60.9 Å². The molecule has 3 aliphatic rings. The van der Waals surface area contributed by atoms with E-state index < -0.39 is 0 Å². The van der Waals surface area contributed by atoms with Crippen molar-refractivity contribution >= 4 is 45.6 Å². The summed E-state index contributed by atoms with van der Waals surface area (Å²) in [7, 11) is 0. The van der Waals surface area contributed by atoms with Crippen molar-refractivity contribution in [3.05, 3.63) is 93.8 Å². The van der Waals surface area contributed by atoms with Crippen molar-refractivity contribution in [2.45, 2.75) is 32.2 Å². The number of hydrogen-bond acceptors (Lipinski definition) is 4. The number of benzene rings is 3. The average molecular weight is 518 g/mol. The summed E-state index contributed by atoms with van der Waals surface area (Å²) in [6.45, 7) is 1.96. The van der Waals surface area contributed by atoms with Gasteiger partial charge < -0.3 is 9.88 Å². The van der Waals surface area contributed by atoms with E-state index in [1.807, 2.05) is 41.8 Å². The molecule has 36 heavy (non-hydrogen) atoms. The van der Waals surface area contributed by atoms with Crippen molar-refractivity contribution in [1.29, 1.82) is 0 Å². The lowest BCUT2D eigenvalue weighted by Gasteiger charge is -2.23. The van der Waals surface area contributed by atoms with E-state index in [0.29, 0.717) is 21.1 Å². The highest BCUT2D eigenvalue weighted by Crippen LogP contribution is 2.33. The largest absolute Gasteiger partial charge is 0.352 e. The Kier molecular flexibility index (Phi) is 5.86. The first-order valence-corrected chi connectivity index (χ1v) is 12.6. The van der Waals surface area contributed by atoms with Gasteiger partial charge in [-0.2, -0.15) is 0 Å². The van der Waals surface area contributed by atoms with Gasteiger partial charge in [-0.05, 0) is 80.8 Å². The summed E-state index contributed by atoms with van der Waals surface area (Å²) >= 11 is 12.6. The zero-order chi connectivity index (χ0) is 24.8. The van der Waals surface area contributed by atoms with Crippen LogP contribution in [0.4, 0.5) is 15.8 Å². The van der Waals surface area contributed by atoms with Gasteiger partial charge in [0.2, 0.25) is 0 Å². The van der Waals surface area contributed by atoms with Crippen LogP contribution in [0.2, 0.25) is 10.0 Å². The summed E-state index contributed by atoms with van der Waals surface area (Å²) in [5, 5.41) is 5.21. The maximum atomic E-state index is 14.4. The molecule has 1 fully saturated rings. The van der Waals surface area contributed by atoms with Crippen LogP contribution >= 0.6 is 23.2 Å². The van der Waals surface area contributed by atoms with Gasteiger partial charge in [0.25, 0.3) is 0 Å². The van der Waals surface area contributed by atoms with Crippen molar-refractivity contribution in [1.82, 2.24) is 14.5 Å². The quantitative estimate of drug-likeness (QED) is 0.251. The van der Waals surface area contributed by atoms with E-state index in [-0.39, 0.29) is 11.9 Å². The molecule has 1 aliphatic heterocycles. The van der Waals surface area contributed by atoms with E-state index in [0.717, 1.165) is 52.3 Å². The molecule has 6 rings (SSSR count). The molecule has 1 aromatic heterocycles. The van der Waals surface area contributed by atoms with Gasteiger partial charge in [-0.25, -0.2) is 9.37 Å². The van der Waals surface area contributed by atoms with Crippen molar-refractivity contribution in [2.75, 3.05) is 5.32 Å². The Morgan fingerprint density at radius 3 is 2.61 bits per heavy atom. The molecule has 2 aliphatic carbocycles. The molecule has 0 atom stereocenters. The lowest BCUT2D eigenvalue weighted by Crippen LogP contribution is -2.22. The Bertz CT molecular complexity index is 1660. The molecule has 1 N–H and O–H groups in total. The molecule has 8 heteroatoms. The number of aromatic nitrogens is 3. The Morgan fingerprint density at radius 2 is 1.86 bits per heavy atom. The second kappa shape index (κ2) is 9.19. The number of anilines is 2. The van der Waals surface area contributed by atoms with Crippen molar-refractivity contribution in [2.24, 2.45) is 4.99 Å². The van der Waals surface area contributed by atoms with Crippen LogP contribution in [0, 0.1) is 12.7 Å². The summed E-state index contributed by atoms with van der Waals surface area (Å²) in [6, 6.07) is 18.2. The molecule has 5 nitrogen and oxygen atoms in total. The fourth-order valence-electron chi connectivity index (χ4n) is 4.45. The lowest BCUT2D eigenvalue weighted by atomic mass is 9.94. The van der Waals surface area contributed by atoms with Crippen LogP contribution in [-0.2, 0) is 0 Å². The summed E-state index contributed by atoms with van der Waals surface area (Å²) in [5.41, 5.74) is 6.20. The zero-order valence-corrected chi connectivity index (χ0v) is 21.0. The predicted molar refractivity (Wildman–Crippen MR) is 143 cm³/mol. The van der Waals surface area contributed by atoms with Gasteiger partial charge in [0.1, 0.15) is 5.82 Å². The van der Waals surface area contributed by atoms with Gasteiger partial charge in [0.15, 0.2) is 0 Å². The SMILES string of the molecule is Cc1ncccc1Nc1cc2nc3ccc(F)cc3n(-c3ccc(Cl)c(Cl)c3)c-2c/c1=N\C1CCC1. The van der Waals surface area contributed by atoms with E-state index in [1.165, 1.54) is 18.6 Å². The van der Waals surface area contributed by atoms with E-state index >= 15 is 0 Å². The maximum absolute atomic E-state index is 14.4. The van der Waals surface area contributed by atoms with Gasteiger partial charge in [0, 0.05) is 18.0 Å². The molecule has 0 amide bonds. The highest BCUT2D eigenvalue weighted by Gasteiger charge is 2.20. The first-order chi connectivity index (χ1) is 17.5. The fraction of sp³-hybridized carbons (Fsp3) is 0.179. The second-order valence-corrected chi connectivity index (χ2v) is 9.83. The molecule has 180 valence electrons. The highest BCUT2D eigenvalue weighted by atomic mass is 35.5. The molecule has 0 bridgehead atoms. The van der Waals surface area contributed by atoms with Crippen molar-refractivity contribution in [3.8, 4) is 17.1 Å². The smallest absolute Gasteiger partial charge is 0.125 e. The summed E-state index contributed by atoms with van der Waals surface area (Å²) in [6.07, 6.45) is 5.09. The van der Waals surface area contributed by atoms with Crippen molar-refractivity contribution in [3.63, 3.8) is 0 Å². The van der Waals surface area contributed by atoms with Crippen LogP contribution in [0.15, 0.2) is 71.9 Å². The standard InChI is InChI=1S/C28H22Cl2FN5/c1-16-22(6-3-11-32-16)34-24-14-26-28(15-25(24)33-18-4-2-5-18)36(19-8-9-20(29)21(30)13-19)27-12-17(31)7-10-23(27)35-26/h3,6-15,18,34H,2,4-5H2,1H3/b33-25+. The normalized spacial score (nSPS) is 14.4. The van der Waals surface area contributed by atoms with Crippen LogP contribution in [0.25, 0.3) is 28.1 Å². The summed E-state index contributed by atoms with van der Waals surface area (Å²) in [5.74, 6) is -0.345. The first kappa shape index (κ1) is 23.0. The third kappa shape index (κ3) is 4.21. The number of pyridine rings is 1. The second-order valence-electron chi connectivity index (χ2n) is 9.01. The topological polar surface area (TPSA) is 55.1 Å². The van der Waals surface area contributed by atoms with Crippen LogP contribution in [-0.4, -0.2) is 20.6 Å². The number of hydrogen-bond donors (Lipinski definition) is 1. The van der Waals surface area contributed by atoms with E-state index in [1.54, 1.807) is 24.4 Å². The minimum absolute atomic E-state index is 0.280. The van der Waals surface area contributed by atoms with Gasteiger partial charge in [-0.15, -0.1) is 0 Å². The fourth-order valence-corrected chi connectivity index (χ4v) is 4.74. The van der Waals surface area contributed by atoms with Gasteiger partial charge >= 0.3 is 0 Å². The predicted octanol–water partition coefficient (Wildman–Crippen LogP) is 7.48. The van der Waals surface area contributed by atoms with Crippen LogP contribution in [0.3, 0.4) is 0 Å². The van der Waals surface area contributed by atoms with Crippen LogP contribution in [0.5, 0.6) is 0 Å². The van der Waals surface area contributed by atoms with Gasteiger partial charge in [-0.1, -0.05) is 23.2 Å². The van der Waals surface area contributed by atoms with Crippen LogP contribution < -0.4 is 10.7 Å². The average Bonchev–Trinajstić information content (AvgIpc) is 2.83. The minimum atomic E-state index is -0.345. The monoisotopic (exact) mass is 517 g/mol. The van der Waals surface area contributed by atoms with Crippen molar-refractivity contribution < 1.29 is 4.39 Å². The number of fused-ring (bicyclic) bond motifs is 2. The number of nitrogens with zero attached hydrogens (tertiary/aromatic N) is 4. The Balaban J connectivity index is 1.66. The highest BCUT2D eigenvalue weighted by molar-refractivity contribution is 6.42. The van der Waals surface area contributed by atoms with Crippen LogP contribution in [0.1, 0.15) is 25.0 Å². The van der Waals surface area contributed by atoms with E-state index in [2.05, 4.69) is 10.3 Å². The third-order valence-corrected chi connectivity index (χ3v) is 7.33. The van der Waals surface area contributed by atoms with E-state index in [4.69, 9.17) is 33.2 Å².